The number of hydrogen-bond acceptors (Lipinski definition) is 10. The Bertz CT molecular complexity index is 1900. The van der Waals surface area contributed by atoms with Gasteiger partial charge in [0.15, 0.2) is 11.5 Å². The first-order valence-electron chi connectivity index (χ1n) is 13.9. The third-order valence-electron chi connectivity index (χ3n) is 5.94. The molecule has 10 N–H and O–H groups in total. The van der Waals surface area contributed by atoms with Gasteiger partial charge in [-0.3, -0.25) is 19.8 Å². The van der Waals surface area contributed by atoms with Gasteiger partial charge < -0.3 is 47.5 Å². The van der Waals surface area contributed by atoms with Gasteiger partial charge in [0.25, 0.3) is 5.69 Å². The molecule has 0 heterocycles. The monoisotopic (exact) mass is 717 g/mol. The van der Waals surface area contributed by atoms with E-state index >= 15 is 0 Å². The van der Waals surface area contributed by atoms with E-state index in [2.05, 4.69) is 22.1 Å². The van der Waals surface area contributed by atoms with Crippen molar-refractivity contribution in [3.8, 4) is 23.0 Å². The number of nitrogens with two attached hydrogens (primary N) is 3. The molecule has 0 aromatic heterocycles. The smallest absolute Gasteiger partial charge is 0.420 e. The molecular weight excluding hydrogens is 687 g/mol. The number of halogens is 3. The lowest BCUT2D eigenvalue weighted by Gasteiger charge is -2.24. The summed E-state index contributed by atoms with van der Waals surface area (Å²) in [5.41, 5.74) is 12.2. The van der Waals surface area contributed by atoms with Crippen molar-refractivity contribution in [3.63, 3.8) is 0 Å². The summed E-state index contributed by atoms with van der Waals surface area (Å²) in [4.78, 5) is 54.5. The van der Waals surface area contributed by atoms with Crippen molar-refractivity contribution in [2.75, 3.05) is 22.6 Å². The van der Waals surface area contributed by atoms with Gasteiger partial charge in [-0.1, -0.05) is 30.3 Å². The number of nitrogens with zero attached hydrogens (tertiary/aromatic N) is 2. The van der Waals surface area contributed by atoms with Gasteiger partial charge >= 0.3 is 30.2 Å². The molecule has 0 aliphatic carbocycles. The van der Waals surface area contributed by atoms with E-state index in [1.807, 2.05) is 0 Å². The maximum atomic E-state index is 12.9. The van der Waals surface area contributed by atoms with Crippen LogP contribution in [0.1, 0.15) is 12.5 Å². The number of nitro benzene ring substituents is 1. The molecule has 4 aromatic rings. The predicted octanol–water partition coefficient (Wildman–Crippen LogP) is 5.53. The number of rotatable bonds is 7. The lowest BCUT2D eigenvalue weighted by molar-refractivity contribution is -0.384. The van der Waals surface area contributed by atoms with E-state index in [0.717, 1.165) is 29.2 Å². The summed E-state index contributed by atoms with van der Waals surface area (Å²) >= 11 is 0. The molecule has 0 radical (unpaired) electrons. The molecule has 0 unspecified atom stereocenters. The summed E-state index contributed by atoms with van der Waals surface area (Å²) in [6, 6.07) is 16.0. The van der Waals surface area contributed by atoms with Gasteiger partial charge in [-0.15, -0.1) is 0 Å². The zero-order valence-electron chi connectivity index (χ0n) is 26.5. The van der Waals surface area contributed by atoms with Crippen LogP contribution in [0.4, 0.5) is 56.0 Å². The average Bonchev–Trinajstić information content (AvgIpc) is 3.03. The number of anilines is 4. The van der Waals surface area contributed by atoms with Crippen LogP contribution in [0, 0.1) is 10.1 Å². The molecule has 0 aliphatic rings. The molecule has 4 aromatic carbocycles. The summed E-state index contributed by atoms with van der Waals surface area (Å²) in [6.07, 6.45) is -4.77. The largest absolute Gasteiger partial charge is 0.506 e. The number of amides is 6. The second-order valence-electron chi connectivity index (χ2n) is 9.55. The van der Waals surface area contributed by atoms with E-state index in [9.17, 15) is 47.9 Å². The second-order valence-corrected chi connectivity index (χ2v) is 9.55. The highest BCUT2D eigenvalue weighted by molar-refractivity contribution is 6.02. The standard InChI is InChI=1S/C15H13F3N2O3.C15H13N3O6.CH4N2O/c1-23-12-8-3-2-6-10(12)20(14(19)22)11-7-4-5-9(13(11)21)15(16,17)18;1-9(19)24-14-5-3-2-4-12(14)17-15(21)16-11-7-6-10(18(22)23)8-13(11)20;2-1(3)4/h2-8,21H,1H3,(H2,19,22);2-8,20H,1H3,(H2,16,17,21);(H4,2,3,4). The van der Waals surface area contributed by atoms with Crippen LogP contribution in [0.2, 0.25) is 0 Å². The molecule has 0 aliphatic heterocycles. The number of phenols is 2. The number of aromatic hydroxyl groups is 2. The molecule has 270 valence electrons. The van der Waals surface area contributed by atoms with Crippen molar-refractivity contribution < 1.29 is 57.0 Å². The highest BCUT2D eigenvalue weighted by Crippen LogP contribution is 2.44. The molecule has 0 bridgehead atoms. The van der Waals surface area contributed by atoms with Crippen LogP contribution in [0.5, 0.6) is 23.0 Å². The molecular formula is C31H30F3N7O10. The third kappa shape index (κ3) is 11.7. The number of nitro groups is 1. The maximum Gasteiger partial charge on any atom is 0.420 e. The lowest BCUT2D eigenvalue weighted by atomic mass is 10.1. The Kier molecular flexibility index (Phi) is 13.9. The van der Waals surface area contributed by atoms with Crippen molar-refractivity contribution >= 4 is 52.5 Å². The Hall–Kier alpha value is -7.25. The first kappa shape index (κ1) is 39.9. The molecule has 6 amide bonds. The number of nitrogens with one attached hydrogen (secondary N) is 2. The number of hydrogen-bond donors (Lipinski definition) is 7. The molecule has 0 atom stereocenters. The minimum atomic E-state index is -4.77. The maximum absolute atomic E-state index is 12.9. The highest BCUT2D eigenvalue weighted by atomic mass is 19.4. The Morgan fingerprint density at radius 2 is 1.37 bits per heavy atom. The fraction of sp³-hybridized carbons (Fsp3) is 0.0968. The normalized spacial score (nSPS) is 10.1. The number of ether oxygens (including phenoxy) is 2. The van der Waals surface area contributed by atoms with E-state index in [-0.39, 0.29) is 34.2 Å². The number of carbonyl (C=O) groups excluding carboxylic acids is 4. The lowest BCUT2D eigenvalue weighted by Crippen LogP contribution is -2.32. The van der Waals surface area contributed by atoms with Crippen molar-refractivity contribution in [3.05, 3.63) is 101 Å². The number of methoxy groups -OCH3 is 1. The number of primary amides is 3. The molecule has 0 saturated carbocycles. The molecule has 4 rings (SSSR count). The number of para-hydroxylation sites is 5. The number of esters is 1. The topological polar surface area (TPSA) is 276 Å². The van der Waals surface area contributed by atoms with Crippen molar-refractivity contribution in [1.82, 2.24) is 0 Å². The number of urea groups is 3. The Morgan fingerprint density at radius 1 is 0.824 bits per heavy atom. The number of phenolic OH excluding ortho intramolecular Hbond substituents is 2. The molecule has 0 saturated heterocycles. The molecule has 51 heavy (non-hydrogen) atoms. The van der Waals surface area contributed by atoms with E-state index in [0.29, 0.717) is 6.07 Å². The fourth-order valence-corrected chi connectivity index (χ4v) is 3.95. The second kappa shape index (κ2) is 17.8. The van der Waals surface area contributed by atoms with Crippen LogP contribution >= 0.6 is 0 Å². The van der Waals surface area contributed by atoms with Crippen molar-refractivity contribution in [2.24, 2.45) is 17.2 Å². The zero-order chi connectivity index (χ0) is 38.5. The highest BCUT2D eigenvalue weighted by Gasteiger charge is 2.36. The SMILES string of the molecule is CC(=O)Oc1ccccc1NC(=O)Nc1ccc([N+](=O)[O-])cc1O.COc1ccccc1N(C(N)=O)c1cccc(C(F)(F)F)c1O.NC(N)=O. The summed E-state index contributed by atoms with van der Waals surface area (Å²) in [6.45, 7) is 1.23. The number of benzene rings is 4. The van der Waals surface area contributed by atoms with E-state index in [1.54, 1.807) is 24.3 Å². The summed E-state index contributed by atoms with van der Waals surface area (Å²) in [5, 5.41) is 35.1. The van der Waals surface area contributed by atoms with Crippen LogP contribution in [0.3, 0.4) is 0 Å². The van der Waals surface area contributed by atoms with Gasteiger partial charge in [-0.2, -0.15) is 13.2 Å². The molecule has 0 spiro atoms. The van der Waals surface area contributed by atoms with Crippen molar-refractivity contribution in [1.29, 1.82) is 0 Å². The van der Waals surface area contributed by atoms with Crippen LogP contribution < -0.4 is 42.2 Å². The molecule has 20 heteroatoms. The van der Waals surface area contributed by atoms with Gasteiger partial charge in [0.2, 0.25) is 0 Å². The minimum Gasteiger partial charge on any atom is -0.506 e. The average molecular weight is 718 g/mol. The van der Waals surface area contributed by atoms with E-state index < -0.39 is 57.9 Å². The van der Waals surface area contributed by atoms with Gasteiger partial charge in [0.1, 0.15) is 11.5 Å². The van der Waals surface area contributed by atoms with Gasteiger partial charge in [-0.25, -0.2) is 14.4 Å². The number of alkyl halides is 3. The number of carbonyl (C=O) groups is 4. The van der Waals surface area contributed by atoms with Gasteiger partial charge in [0.05, 0.1) is 46.4 Å². The zero-order valence-corrected chi connectivity index (χ0v) is 26.5. The van der Waals surface area contributed by atoms with E-state index in [4.69, 9.17) is 20.0 Å². The quantitative estimate of drug-likeness (QED) is 0.0413. The number of non-ortho nitro benzene ring substituents is 1. The van der Waals surface area contributed by atoms with Gasteiger partial charge in [0, 0.05) is 13.0 Å². The first-order valence-corrected chi connectivity index (χ1v) is 13.9. The van der Waals surface area contributed by atoms with Gasteiger partial charge in [-0.05, 0) is 42.5 Å². The van der Waals surface area contributed by atoms with Crippen molar-refractivity contribution in [2.45, 2.75) is 13.1 Å². The summed E-state index contributed by atoms with van der Waals surface area (Å²) in [5.74, 6) is -1.72. The van der Waals surface area contributed by atoms with Crippen LogP contribution in [-0.2, 0) is 11.0 Å². The van der Waals surface area contributed by atoms with Crippen LogP contribution in [0.25, 0.3) is 0 Å². The van der Waals surface area contributed by atoms with Crippen LogP contribution in [0.15, 0.2) is 84.9 Å². The van der Waals surface area contributed by atoms with Crippen LogP contribution in [-0.4, -0.2) is 46.3 Å². The minimum absolute atomic E-state index is 0.0110. The predicted molar refractivity (Wildman–Crippen MR) is 177 cm³/mol. The Labute approximate surface area is 286 Å². The molecule has 17 nitrogen and oxygen atoms in total. The van der Waals surface area contributed by atoms with E-state index in [1.165, 1.54) is 44.4 Å². The summed E-state index contributed by atoms with van der Waals surface area (Å²) in [7, 11) is 1.34. The Morgan fingerprint density at radius 3 is 1.90 bits per heavy atom. The fourth-order valence-electron chi connectivity index (χ4n) is 3.95. The molecule has 0 fully saturated rings. The third-order valence-corrected chi connectivity index (χ3v) is 5.94. The summed E-state index contributed by atoms with van der Waals surface area (Å²) < 4.78 is 48.8. The Balaban J connectivity index is 0.000000320. The first-order chi connectivity index (χ1) is 23.9.